The summed E-state index contributed by atoms with van der Waals surface area (Å²) in [5.74, 6) is 0.169. The fourth-order valence-corrected chi connectivity index (χ4v) is 3.93. The summed E-state index contributed by atoms with van der Waals surface area (Å²) in [7, 11) is 0. The average molecular weight is 436 g/mol. The van der Waals surface area contributed by atoms with Gasteiger partial charge in [-0.3, -0.25) is 4.79 Å². The summed E-state index contributed by atoms with van der Waals surface area (Å²) in [5, 5.41) is 13.5. The third-order valence-electron chi connectivity index (χ3n) is 3.68. The molecule has 0 fully saturated rings. The first-order valence-electron chi connectivity index (χ1n) is 8.34. The van der Waals surface area contributed by atoms with Gasteiger partial charge in [0.1, 0.15) is 10.0 Å². The number of rotatable bonds is 6. The van der Waals surface area contributed by atoms with Crippen LogP contribution in [0.1, 0.15) is 31.5 Å². The number of halogens is 3. The molecule has 3 aromatic rings. The molecule has 0 atom stereocenters. The van der Waals surface area contributed by atoms with Gasteiger partial charge in [-0.25, -0.2) is 5.43 Å². The van der Waals surface area contributed by atoms with Gasteiger partial charge in [-0.1, -0.05) is 18.2 Å². The van der Waals surface area contributed by atoms with Gasteiger partial charge in [-0.15, -0.1) is 33.3 Å². The summed E-state index contributed by atoms with van der Waals surface area (Å²) in [6, 6.07) is 11.8. The zero-order valence-corrected chi connectivity index (χ0v) is 16.7. The maximum absolute atomic E-state index is 13.0. The highest BCUT2D eigenvalue weighted by molar-refractivity contribution is 7.98. The molecule has 0 spiro atoms. The molecule has 3 rings (SSSR count). The molecule has 1 aromatic heterocycles. The number of nitrogens with zero attached hydrogens (tertiary/aromatic N) is 3. The number of alkyl halides is 3. The molecule has 10 heteroatoms. The summed E-state index contributed by atoms with van der Waals surface area (Å²) in [4.78, 5) is 13.1. The second-order valence-electron chi connectivity index (χ2n) is 5.81. The maximum Gasteiger partial charge on any atom is 0.417 e. The van der Waals surface area contributed by atoms with Crippen molar-refractivity contribution in [3.63, 3.8) is 0 Å². The molecule has 0 bridgehead atoms. The Balaban J connectivity index is 1.58. The molecule has 0 saturated heterocycles. The van der Waals surface area contributed by atoms with Gasteiger partial charge in [0, 0.05) is 16.0 Å². The predicted molar refractivity (Wildman–Crippen MR) is 107 cm³/mol. The van der Waals surface area contributed by atoms with E-state index in [0.717, 1.165) is 27.2 Å². The quantitative estimate of drug-likeness (QED) is 0.338. The van der Waals surface area contributed by atoms with Gasteiger partial charge in [0.15, 0.2) is 0 Å². The van der Waals surface area contributed by atoms with Crippen molar-refractivity contribution in [3.05, 3.63) is 75.2 Å². The van der Waals surface area contributed by atoms with Crippen molar-refractivity contribution in [3.8, 4) is 0 Å². The molecule has 150 valence electrons. The minimum absolute atomic E-state index is 0.126. The van der Waals surface area contributed by atoms with E-state index in [1.165, 1.54) is 29.5 Å². The highest BCUT2D eigenvalue weighted by Crippen LogP contribution is 2.31. The number of thioether (sulfide) groups is 1. The van der Waals surface area contributed by atoms with Crippen molar-refractivity contribution in [2.45, 2.75) is 23.7 Å². The minimum atomic E-state index is -4.49. The first-order chi connectivity index (χ1) is 13.8. The van der Waals surface area contributed by atoms with Gasteiger partial charge in [-0.2, -0.15) is 18.3 Å². The number of carbonyl (C=O) groups is 1. The molecule has 2 aromatic carbocycles. The van der Waals surface area contributed by atoms with Crippen molar-refractivity contribution >= 4 is 35.2 Å². The van der Waals surface area contributed by atoms with Gasteiger partial charge in [0.05, 0.1) is 17.5 Å². The van der Waals surface area contributed by atoms with Crippen molar-refractivity contribution in [2.75, 3.05) is 0 Å². The highest BCUT2D eigenvalue weighted by atomic mass is 32.2. The van der Waals surface area contributed by atoms with Crippen LogP contribution in [-0.4, -0.2) is 22.3 Å². The Morgan fingerprint density at radius 1 is 1.17 bits per heavy atom. The van der Waals surface area contributed by atoms with E-state index in [2.05, 4.69) is 20.7 Å². The number of carbonyl (C=O) groups excluding carboxylic acids is 1. The fourth-order valence-electron chi connectivity index (χ4n) is 2.34. The fraction of sp³-hybridized carbons (Fsp3) is 0.158. The van der Waals surface area contributed by atoms with E-state index in [9.17, 15) is 18.0 Å². The molecule has 0 aliphatic heterocycles. The van der Waals surface area contributed by atoms with Gasteiger partial charge in [-0.05, 0) is 37.3 Å². The lowest BCUT2D eigenvalue weighted by molar-refractivity contribution is -0.137. The number of hydrazone groups is 1. The van der Waals surface area contributed by atoms with Crippen LogP contribution in [0.4, 0.5) is 13.2 Å². The van der Waals surface area contributed by atoms with Crippen LogP contribution >= 0.6 is 23.1 Å². The SMILES string of the molecule is Cc1nnc(CSc2ccc(C(=O)NN=Cc3ccccc3C(F)(F)F)cc2)s1. The van der Waals surface area contributed by atoms with Crippen LogP contribution in [0.3, 0.4) is 0 Å². The van der Waals surface area contributed by atoms with Gasteiger partial charge in [0.25, 0.3) is 5.91 Å². The van der Waals surface area contributed by atoms with Crippen molar-refractivity contribution < 1.29 is 18.0 Å². The standard InChI is InChI=1S/C19H15F3N4OS2/c1-12-24-25-17(29-12)11-28-15-8-6-13(7-9-15)18(27)26-23-10-14-4-2-3-5-16(14)19(20,21)22/h2-10H,11H2,1H3,(H,26,27). The first kappa shape index (κ1) is 21.0. The summed E-state index contributed by atoms with van der Waals surface area (Å²) >= 11 is 3.10. The Morgan fingerprint density at radius 3 is 2.55 bits per heavy atom. The zero-order chi connectivity index (χ0) is 20.9. The van der Waals surface area contributed by atoms with Crippen molar-refractivity contribution in [1.29, 1.82) is 0 Å². The molecule has 1 amide bonds. The van der Waals surface area contributed by atoms with Crippen molar-refractivity contribution in [2.24, 2.45) is 5.10 Å². The maximum atomic E-state index is 13.0. The van der Waals surface area contributed by atoms with Crippen LogP contribution in [-0.2, 0) is 11.9 Å². The van der Waals surface area contributed by atoms with Gasteiger partial charge >= 0.3 is 6.18 Å². The second-order valence-corrected chi connectivity index (χ2v) is 8.13. The number of nitrogens with one attached hydrogen (secondary N) is 1. The Kier molecular flexibility index (Phi) is 6.65. The van der Waals surface area contributed by atoms with E-state index in [0.29, 0.717) is 11.3 Å². The third-order valence-corrected chi connectivity index (χ3v) is 5.73. The Hall–Kier alpha value is -2.72. The highest BCUT2D eigenvalue weighted by Gasteiger charge is 2.32. The molecule has 0 aliphatic rings. The van der Waals surface area contributed by atoms with E-state index in [1.807, 2.05) is 6.92 Å². The Morgan fingerprint density at radius 2 is 1.90 bits per heavy atom. The first-order valence-corrected chi connectivity index (χ1v) is 10.1. The second kappa shape index (κ2) is 9.19. The van der Waals surface area contributed by atoms with Crippen LogP contribution < -0.4 is 5.43 Å². The number of benzene rings is 2. The molecular weight excluding hydrogens is 421 g/mol. The van der Waals surface area contributed by atoms with Gasteiger partial charge in [0.2, 0.25) is 0 Å². The average Bonchev–Trinajstić information content (AvgIpc) is 3.11. The van der Waals surface area contributed by atoms with E-state index in [1.54, 1.807) is 36.0 Å². The lowest BCUT2D eigenvalue weighted by Crippen LogP contribution is -2.18. The molecular formula is C19H15F3N4OS2. The van der Waals surface area contributed by atoms with Crippen LogP contribution in [0, 0.1) is 6.92 Å². The number of aryl methyl sites for hydroxylation is 1. The van der Waals surface area contributed by atoms with E-state index < -0.39 is 17.6 Å². The number of hydrogen-bond acceptors (Lipinski definition) is 6. The lowest BCUT2D eigenvalue weighted by atomic mass is 10.1. The predicted octanol–water partition coefficient (Wildman–Crippen LogP) is 4.92. The number of aromatic nitrogens is 2. The van der Waals surface area contributed by atoms with E-state index >= 15 is 0 Å². The summed E-state index contributed by atoms with van der Waals surface area (Å²) in [5.41, 5.74) is 1.65. The largest absolute Gasteiger partial charge is 0.417 e. The van der Waals surface area contributed by atoms with Crippen LogP contribution in [0.5, 0.6) is 0 Å². The van der Waals surface area contributed by atoms with Crippen LogP contribution in [0.2, 0.25) is 0 Å². The molecule has 0 unspecified atom stereocenters. The summed E-state index contributed by atoms with van der Waals surface area (Å²) in [6.45, 7) is 1.89. The molecule has 0 radical (unpaired) electrons. The van der Waals surface area contributed by atoms with E-state index in [-0.39, 0.29) is 5.56 Å². The molecule has 0 saturated carbocycles. The Bertz CT molecular complexity index is 1020. The third kappa shape index (κ3) is 5.88. The topological polar surface area (TPSA) is 67.2 Å². The minimum Gasteiger partial charge on any atom is -0.267 e. The lowest BCUT2D eigenvalue weighted by Gasteiger charge is -2.09. The molecule has 5 nitrogen and oxygen atoms in total. The molecule has 29 heavy (non-hydrogen) atoms. The number of amides is 1. The van der Waals surface area contributed by atoms with Crippen molar-refractivity contribution in [1.82, 2.24) is 15.6 Å². The van der Waals surface area contributed by atoms with Crippen LogP contribution in [0.15, 0.2) is 58.5 Å². The molecule has 0 aliphatic carbocycles. The summed E-state index contributed by atoms with van der Waals surface area (Å²) < 4.78 is 38.9. The zero-order valence-electron chi connectivity index (χ0n) is 15.1. The summed E-state index contributed by atoms with van der Waals surface area (Å²) in [6.07, 6.45) is -3.51. The molecule has 1 heterocycles. The smallest absolute Gasteiger partial charge is 0.267 e. The normalized spacial score (nSPS) is 11.7. The van der Waals surface area contributed by atoms with Gasteiger partial charge < -0.3 is 0 Å². The van der Waals surface area contributed by atoms with E-state index in [4.69, 9.17) is 0 Å². The number of hydrogen-bond donors (Lipinski definition) is 1. The molecule has 1 N–H and O–H groups in total. The Labute approximate surface area is 173 Å². The monoisotopic (exact) mass is 436 g/mol. The van der Waals surface area contributed by atoms with Crippen LogP contribution in [0.25, 0.3) is 0 Å².